The Morgan fingerprint density at radius 1 is 0.720 bits per heavy atom. The zero-order valence-electron chi connectivity index (χ0n) is 43.5. The summed E-state index contributed by atoms with van der Waals surface area (Å²) in [7, 11) is 0. The highest BCUT2D eigenvalue weighted by Crippen LogP contribution is 2.74. The fourth-order valence-electron chi connectivity index (χ4n) is 15.4. The molecule has 9 aliphatic rings. The van der Waals surface area contributed by atoms with Gasteiger partial charge in [0.05, 0.1) is 44.6 Å². The Balaban J connectivity index is 0.872. The van der Waals surface area contributed by atoms with Crippen molar-refractivity contribution in [2.75, 3.05) is 19.8 Å². The van der Waals surface area contributed by atoms with Crippen LogP contribution in [-0.4, -0.2) is 231 Å². The van der Waals surface area contributed by atoms with E-state index in [-0.39, 0.29) is 58.5 Å². The van der Waals surface area contributed by atoms with Gasteiger partial charge < -0.3 is 119 Å². The van der Waals surface area contributed by atoms with Crippen LogP contribution in [-0.2, 0) is 42.6 Å². The molecule has 24 nitrogen and oxygen atoms in total. The highest BCUT2D eigenvalue weighted by molar-refractivity contribution is 5.29. The topological polar surface area (TPSA) is 387 Å². The van der Waals surface area contributed by atoms with Gasteiger partial charge in [-0.3, -0.25) is 0 Å². The molecule has 432 valence electrons. The van der Waals surface area contributed by atoms with Crippen molar-refractivity contribution in [3.63, 3.8) is 0 Å². The Hall–Kier alpha value is -1.22. The van der Waals surface area contributed by atoms with Gasteiger partial charge in [-0.1, -0.05) is 46.3 Å². The van der Waals surface area contributed by atoms with E-state index in [1.807, 2.05) is 6.92 Å². The lowest BCUT2D eigenvalue weighted by molar-refractivity contribution is -0.469. The van der Waals surface area contributed by atoms with E-state index in [2.05, 4.69) is 33.8 Å². The summed E-state index contributed by atoms with van der Waals surface area (Å²) < 4.78 is 53.2. The van der Waals surface area contributed by atoms with Crippen molar-refractivity contribution >= 4 is 0 Å². The van der Waals surface area contributed by atoms with Gasteiger partial charge in [0, 0.05) is 12.3 Å². The summed E-state index contributed by atoms with van der Waals surface area (Å²) in [4.78, 5) is 0. The predicted molar refractivity (Wildman–Crippen MR) is 251 cm³/mol. The SMILES string of the molecule is CC(CCC1(O)O[C@@H]2CC3[C@](C)(CC[C@H]4C5(C)CC[C@H](O[C@H]6O[C@@H](CO)C(OC7CC(O)(O)C(O)C(O)O7)[C@@H](O)[C@@]6(O)OC6O[C@H](C)[C@H](O)[C@H](O)[C@@H]6O)CC5=CC[C@@]34C)[C@@H]2[C@H]1C)CO[C@@H]1O[C@H](CO)[C@H](O)C(O)[C@@H]1O. The van der Waals surface area contributed by atoms with E-state index in [1.165, 1.54) is 6.92 Å². The van der Waals surface area contributed by atoms with Gasteiger partial charge in [0.2, 0.25) is 12.1 Å². The molecular weight excluding hydrogens is 997 g/mol. The molecule has 5 heterocycles. The van der Waals surface area contributed by atoms with Gasteiger partial charge in [-0.05, 0) is 98.2 Å². The maximum atomic E-state index is 12.5. The number of hydrogen-bond donors (Lipinski definition) is 15. The number of ether oxygens (including phenoxy) is 9. The van der Waals surface area contributed by atoms with Gasteiger partial charge >= 0.3 is 0 Å². The van der Waals surface area contributed by atoms with E-state index in [0.29, 0.717) is 32.1 Å². The van der Waals surface area contributed by atoms with Crippen molar-refractivity contribution in [3.8, 4) is 0 Å². The van der Waals surface area contributed by atoms with Crippen LogP contribution in [0.1, 0.15) is 106 Å². The molecule has 15 N–H and O–H groups in total. The third-order valence-corrected chi connectivity index (χ3v) is 19.9. The largest absolute Gasteiger partial charge is 0.394 e. The minimum atomic E-state index is -3.02. The number of fused-ring (bicyclic) bond motifs is 7. The van der Waals surface area contributed by atoms with Gasteiger partial charge in [-0.25, -0.2) is 0 Å². The quantitative estimate of drug-likeness (QED) is 0.0609. The maximum absolute atomic E-state index is 12.5. The molecule has 3 saturated carbocycles. The molecule has 0 bridgehead atoms. The van der Waals surface area contributed by atoms with Crippen LogP contribution in [0.5, 0.6) is 0 Å². The Morgan fingerprint density at radius 2 is 1.40 bits per heavy atom. The first-order valence-electron chi connectivity index (χ1n) is 26.9. The Morgan fingerprint density at radius 3 is 2.08 bits per heavy atom. The second-order valence-corrected chi connectivity index (χ2v) is 24.5. The molecule has 75 heavy (non-hydrogen) atoms. The summed E-state index contributed by atoms with van der Waals surface area (Å²) >= 11 is 0. The van der Waals surface area contributed by atoms with Crippen molar-refractivity contribution in [3.05, 3.63) is 11.6 Å². The molecule has 9 rings (SSSR count). The number of rotatable bonds is 14. The normalized spacial score (nSPS) is 55.1. The van der Waals surface area contributed by atoms with Crippen LogP contribution in [0, 0.1) is 45.8 Å². The van der Waals surface area contributed by atoms with Gasteiger partial charge in [0.1, 0.15) is 61.0 Å². The second-order valence-electron chi connectivity index (χ2n) is 24.5. The van der Waals surface area contributed by atoms with Gasteiger partial charge in [0.15, 0.2) is 42.8 Å². The lowest BCUT2D eigenvalue weighted by Gasteiger charge is -2.63. The highest BCUT2D eigenvalue weighted by Gasteiger charge is 2.71. The lowest BCUT2D eigenvalue weighted by Crippen LogP contribution is -2.72. The lowest BCUT2D eigenvalue weighted by atomic mass is 9.41. The minimum Gasteiger partial charge on any atom is -0.394 e. The van der Waals surface area contributed by atoms with Crippen LogP contribution in [0.25, 0.3) is 0 Å². The average molecular weight is 1080 g/mol. The fraction of sp³-hybridized carbons (Fsp3) is 0.961. The molecule has 5 saturated heterocycles. The van der Waals surface area contributed by atoms with Gasteiger partial charge in [-0.15, -0.1) is 0 Å². The van der Waals surface area contributed by atoms with Crippen molar-refractivity contribution in [2.45, 2.75) is 240 Å². The Labute approximate surface area is 435 Å². The summed E-state index contributed by atoms with van der Waals surface area (Å²) in [6, 6.07) is 0. The van der Waals surface area contributed by atoms with Crippen LogP contribution in [0.2, 0.25) is 0 Å². The Bertz CT molecular complexity index is 2020. The average Bonchev–Trinajstić information content (AvgIpc) is 3.80. The minimum absolute atomic E-state index is 0.0945. The zero-order valence-corrected chi connectivity index (χ0v) is 43.5. The third-order valence-electron chi connectivity index (χ3n) is 19.9. The number of aliphatic hydroxyl groups excluding tert-OH is 11. The first-order chi connectivity index (χ1) is 35.1. The molecule has 0 amide bonds. The molecule has 0 aromatic rings. The first kappa shape index (κ1) is 58.4. The molecular formula is C51H84O24. The number of aliphatic hydroxyl groups is 15. The summed E-state index contributed by atoms with van der Waals surface area (Å²) in [5.74, 6) is -6.96. The predicted octanol–water partition coefficient (Wildman–Crippen LogP) is -2.99. The van der Waals surface area contributed by atoms with E-state index in [9.17, 15) is 76.6 Å². The summed E-state index contributed by atoms with van der Waals surface area (Å²) in [6.45, 7) is 11.2. The maximum Gasteiger partial charge on any atom is 0.250 e. The van der Waals surface area contributed by atoms with Gasteiger partial charge in [-0.2, -0.15) is 0 Å². The molecule has 10 unspecified atom stereocenters. The van der Waals surface area contributed by atoms with Crippen molar-refractivity contribution < 1.29 is 119 Å². The van der Waals surface area contributed by atoms with Crippen LogP contribution < -0.4 is 0 Å². The third kappa shape index (κ3) is 10.0. The molecule has 0 aromatic carbocycles. The van der Waals surface area contributed by atoms with E-state index >= 15 is 0 Å². The van der Waals surface area contributed by atoms with Crippen molar-refractivity contribution in [2.24, 2.45) is 45.8 Å². The smallest absolute Gasteiger partial charge is 0.250 e. The summed E-state index contributed by atoms with van der Waals surface area (Å²) in [5, 5.41) is 160. The zero-order chi connectivity index (χ0) is 54.7. The molecule has 0 spiro atoms. The number of hydrogen-bond acceptors (Lipinski definition) is 24. The molecule has 24 heteroatoms. The number of allylic oxidation sites excluding steroid dienone is 1. The van der Waals surface area contributed by atoms with Crippen LogP contribution in [0.15, 0.2) is 11.6 Å². The first-order valence-corrected chi connectivity index (χ1v) is 26.9. The summed E-state index contributed by atoms with van der Waals surface area (Å²) in [5.41, 5.74) is 0.612. The monoisotopic (exact) mass is 1080 g/mol. The van der Waals surface area contributed by atoms with Crippen molar-refractivity contribution in [1.29, 1.82) is 0 Å². The summed E-state index contributed by atoms with van der Waals surface area (Å²) in [6.07, 6.45) is -22.4. The van der Waals surface area contributed by atoms with E-state index < -0.39 is 148 Å². The van der Waals surface area contributed by atoms with Crippen molar-refractivity contribution in [1.82, 2.24) is 0 Å². The molecule has 5 aliphatic heterocycles. The molecule has 8 fully saturated rings. The van der Waals surface area contributed by atoms with Gasteiger partial charge in [0.25, 0.3) is 0 Å². The Kier molecular flexibility index (Phi) is 16.6. The van der Waals surface area contributed by atoms with Crippen LogP contribution >= 0.6 is 0 Å². The van der Waals surface area contributed by atoms with Crippen LogP contribution in [0.3, 0.4) is 0 Å². The molecule has 29 atom stereocenters. The van der Waals surface area contributed by atoms with E-state index in [1.54, 1.807) is 0 Å². The van der Waals surface area contributed by atoms with E-state index in [4.69, 9.17) is 42.6 Å². The molecule has 0 radical (unpaired) electrons. The molecule has 4 aliphatic carbocycles. The van der Waals surface area contributed by atoms with Crippen LogP contribution in [0.4, 0.5) is 0 Å². The molecule has 0 aromatic heterocycles. The standard InChI is InChI=1S/C51H84O24/c1-21(20-67-43-37(58)36(57)34(55)27(18-52)70-43)7-14-50(65)22(2)32-26(74-50)16-30-47(5)11-8-24-15-25(9-12-46(24,4)29(47)10-13-48(30,32)6)69-45-51(66,75-44-38(59)35(56)33(54)23(3)68-44)40(60)39(28(19-53)71-45)72-31-17-49(63,64)41(61)42(62)73-31/h8,21-23,25-45,52-66H,7,9-20H2,1-6H3/t21?,22-,23-,25+,26-,27-,28+,29+,30?,31?,32-,33+,34+,35+,36?,37+,38+,39?,40-,41?,42?,43-,44?,45+,46?,47-,48+,50?,51-/m1/s1. The second kappa shape index (κ2) is 21.3. The van der Waals surface area contributed by atoms with E-state index in [0.717, 1.165) is 31.3 Å². The highest BCUT2D eigenvalue weighted by atomic mass is 16.8. The fourth-order valence-corrected chi connectivity index (χ4v) is 15.4.